The van der Waals surface area contributed by atoms with E-state index in [1.165, 1.54) is 6.33 Å². The van der Waals surface area contributed by atoms with E-state index in [0.717, 1.165) is 5.82 Å². The van der Waals surface area contributed by atoms with Crippen LogP contribution in [0.4, 0.5) is 5.82 Å². The fourth-order valence-electron chi connectivity index (χ4n) is 1.37. The maximum atomic E-state index is 11.8. The van der Waals surface area contributed by atoms with Gasteiger partial charge in [-0.3, -0.25) is 9.89 Å². The zero-order valence-corrected chi connectivity index (χ0v) is 10.2. The van der Waals surface area contributed by atoms with E-state index in [2.05, 4.69) is 25.5 Å². The predicted octanol–water partition coefficient (Wildman–Crippen LogP) is 0.196. The van der Waals surface area contributed by atoms with Gasteiger partial charge in [-0.25, -0.2) is 9.97 Å². The zero-order chi connectivity index (χ0) is 13.0. The highest BCUT2D eigenvalue weighted by Crippen LogP contribution is 2.07. The molecule has 7 nitrogen and oxygen atoms in total. The summed E-state index contributed by atoms with van der Waals surface area (Å²) in [6, 6.07) is 3.53. The second kappa shape index (κ2) is 5.26. The van der Waals surface area contributed by atoms with Crippen LogP contribution < -0.4 is 10.2 Å². The SMILES string of the molecule is CN(C)c1ccc(C(=O)NCc2ncn[nH]2)cn1. The van der Waals surface area contributed by atoms with Crippen molar-refractivity contribution in [1.29, 1.82) is 0 Å². The molecule has 2 N–H and O–H groups in total. The van der Waals surface area contributed by atoms with Crippen molar-refractivity contribution in [3.63, 3.8) is 0 Å². The molecule has 0 spiro atoms. The van der Waals surface area contributed by atoms with E-state index < -0.39 is 0 Å². The first-order chi connectivity index (χ1) is 8.66. The maximum absolute atomic E-state index is 11.8. The van der Waals surface area contributed by atoms with Crippen LogP contribution in [-0.4, -0.2) is 40.2 Å². The number of nitrogens with zero attached hydrogens (tertiary/aromatic N) is 4. The second-order valence-corrected chi connectivity index (χ2v) is 3.91. The molecule has 0 atom stereocenters. The van der Waals surface area contributed by atoms with Crippen LogP contribution in [-0.2, 0) is 6.54 Å². The first-order valence-corrected chi connectivity index (χ1v) is 5.42. The number of amides is 1. The average molecular weight is 246 g/mol. The summed E-state index contributed by atoms with van der Waals surface area (Å²) in [5.41, 5.74) is 0.514. The maximum Gasteiger partial charge on any atom is 0.253 e. The normalized spacial score (nSPS) is 10.1. The molecule has 2 rings (SSSR count). The monoisotopic (exact) mass is 246 g/mol. The molecule has 1 amide bonds. The molecular formula is C11H14N6O. The minimum atomic E-state index is -0.191. The van der Waals surface area contributed by atoms with E-state index in [1.807, 2.05) is 19.0 Å². The Kier molecular flexibility index (Phi) is 3.52. The summed E-state index contributed by atoms with van der Waals surface area (Å²) in [7, 11) is 3.79. The number of hydrogen-bond acceptors (Lipinski definition) is 5. The quantitative estimate of drug-likeness (QED) is 0.804. The largest absolute Gasteiger partial charge is 0.363 e. The van der Waals surface area contributed by atoms with Crippen molar-refractivity contribution in [1.82, 2.24) is 25.5 Å². The molecule has 2 heterocycles. The van der Waals surface area contributed by atoms with Gasteiger partial charge in [0.05, 0.1) is 12.1 Å². The molecular weight excluding hydrogens is 232 g/mol. The fraction of sp³-hybridized carbons (Fsp3) is 0.273. The van der Waals surface area contributed by atoms with Crippen molar-refractivity contribution < 1.29 is 4.79 Å². The first-order valence-electron chi connectivity index (χ1n) is 5.42. The molecule has 0 aromatic carbocycles. The van der Waals surface area contributed by atoms with Crippen LogP contribution >= 0.6 is 0 Å². The molecule has 0 fully saturated rings. The molecule has 0 radical (unpaired) electrons. The Hall–Kier alpha value is -2.44. The van der Waals surface area contributed by atoms with Crippen LogP contribution in [0.15, 0.2) is 24.7 Å². The Bertz CT molecular complexity index is 505. The Morgan fingerprint density at radius 2 is 2.22 bits per heavy atom. The number of rotatable bonds is 4. The smallest absolute Gasteiger partial charge is 0.253 e. The van der Waals surface area contributed by atoms with E-state index >= 15 is 0 Å². The van der Waals surface area contributed by atoms with Gasteiger partial charge < -0.3 is 10.2 Å². The number of carbonyl (C=O) groups is 1. The summed E-state index contributed by atoms with van der Waals surface area (Å²) in [5.74, 6) is 1.23. The van der Waals surface area contributed by atoms with Crippen LogP contribution in [0.5, 0.6) is 0 Å². The number of aromatic amines is 1. The van der Waals surface area contributed by atoms with Crippen LogP contribution in [0.3, 0.4) is 0 Å². The fourth-order valence-corrected chi connectivity index (χ4v) is 1.37. The first kappa shape index (κ1) is 12.0. The number of nitrogens with one attached hydrogen (secondary N) is 2. The van der Waals surface area contributed by atoms with Crippen molar-refractivity contribution in [3.8, 4) is 0 Å². The lowest BCUT2D eigenvalue weighted by Gasteiger charge is -2.11. The minimum Gasteiger partial charge on any atom is -0.363 e. The van der Waals surface area contributed by atoms with Crippen LogP contribution in [0, 0.1) is 0 Å². The molecule has 0 unspecified atom stereocenters. The van der Waals surface area contributed by atoms with Gasteiger partial charge in [-0.1, -0.05) is 0 Å². The van der Waals surface area contributed by atoms with Gasteiger partial charge in [0.25, 0.3) is 5.91 Å². The molecule has 0 aliphatic heterocycles. The van der Waals surface area contributed by atoms with Gasteiger partial charge in [0.1, 0.15) is 18.0 Å². The number of carbonyl (C=O) groups excluding carboxylic acids is 1. The highest BCUT2D eigenvalue weighted by molar-refractivity contribution is 5.93. The highest BCUT2D eigenvalue weighted by atomic mass is 16.1. The minimum absolute atomic E-state index is 0.191. The summed E-state index contributed by atoms with van der Waals surface area (Å²) in [5, 5.41) is 9.09. The van der Waals surface area contributed by atoms with E-state index in [4.69, 9.17) is 0 Å². The molecule has 0 aliphatic carbocycles. The summed E-state index contributed by atoms with van der Waals surface area (Å²) in [6.07, 6.45) is 2.94. The number of hydrogen-bond donors (Lipinski definition) is 2. The van der Waals surface area contributed by atoms with Crippen molar-refractivity contribution in [2.45, 2.75) is 6.54 Å². The van der Waals surface area contributed by atoms with E-state index in [1.54, 1.807) is 18.3 Å². The molecule has 18 heavy (non-hydrogen) atoms. The van der Waals surface area contributed by atoms with Crippen molar-refractivity contribution in [2.75, 3.05) is 19.0 Å². The summed E-state index contributed by atoms with van der Waals surface area (Å²) in [6.45, 7) is 0.314. The van der Waals surface area contributed by atoms with Gasteiger partial charge in [0.2, 0.25) is 0 Å². The average Bonchev–Trinajstić information content (AvgIpc) is 2.89. The van der Waals surface area contributed by atoms with Crippen molar-refractivity contribution in [3.05, 3.63) is 36.0 Å². The number of H-pyrrole nitrogens is 1. The molecule has 7 heteroatoms. The van der Waals surface area contributed by atoms with Gasteiger partial charge >= 0.3 is 0 Å². The molecule has 94 valence electrons. The Morgan fingerprint density at radius 1 is 1.39 bits per heavy atom. The third-order valence-electron chi connectivity index (χ3n) is 2.35. The van der Waals surface area contributed by atoms with Gasteiger partial charge in [0.15, 0.2) is 0 Å². The lowest BCUT2D eigenvalue weighted by molar-refractivity contribution is 0.0949. The van der Waals surface area contributed by atoms with E-state index in [9.17, 15) is 4.79 Å². The third-order valence-corrected chi connectivity index (χ3v) is 2.35. The standard InChI is InChI=1S/C11H14N6O/c1-17(2)10-4-3-8(5-12-10)11(18)13-6-9-14-7-15-16-9/h3-5,7H,6H2,1-2H3,(H,13,18)(H,14,15,16). The second-order valence-electron chi connectivity index (χ2n) is 3.91. The number of anilines is 1. The summed E-state index contributed by atoms with van der Waals surface area (Å²) in [4.78, 5) is 21.8. The highest BCUT2D eigenvalue weighted by Gasteiger charge is 2.07. The molecule has 2 aromatic heterocycles. The van der Waals surface area contributed by atoms with Gasteiger partial charge in [-0.2, -0.15) is 5.10 Å². The molecule has 0 aliphatic rings. The molecule has 0 bridgehead atoms. The lowest BCUT2D eigenvalue weighted by Crippen LogP contribution is -2.23. The van der Waals surface area contributed by atoms with Crippen molar-refractivity contribution in [2.24, 2.45) is 0 Å². The van der Waals surface area contributed by atoms with Gasteiger partial charge in [-0.15, -0.1) is 0 Å². The van der Waals surface area contributed by atoms with Gasteiger partial charge in [-0.05, 0) is 12.1 Å². The molecule has 0 saturated heterocycles. The molecule has 0 saturated carbocycles. The Morgan fingerprint density at radius 3 is 2.78 bits per heavy atom. The van der Waals surface area contributed by atoms with E-state index in [0.29, 0.717) is 17.9 Å². The van der Waals surface area contributed by atoms with Crippen LogP contribution in [0.2, 0.25) is 0 Å². The number of aromatic nitrogens is 4. The Balaban J connectivity index is 1.96. The van der Waals surface area contributed by atoms with Crippen LogP contribution in [0.25, 0.3) is 0 Å². The number of pyridine rings is 1. The zero-order valence-electron chi connectivity index (χ0n) is 10.2. The topological polar surface area (TPSA) is 86.8 Å². The van der Waals surface area contributed by atoms with Crippen LogP contribution in [0.1, 0.15) is 16.2 Å². The Labute approximate surface area is 104 Å². The lowest BCUT2D eigenvalue weighted by atomic mass is 10.2. The van der Waals surface area contributed by atoms with E-state index in [-0.39, 0.29) is 5.91 Å². The third kappa shape index (κ3) is 2.82. The predicted molar refractivity (Wildman–Crippen MR) is 66.1 cm³/mol. The molecule has 2 aromatic rings. The van der Waals surface area contributed by atoms with Gasteiger partial charge in [0, 0.05) is 20.3 Å². The summed E-state index contributed by atoms with van der Waals surface area (Å²) >= 11 is 0. The van der Waals surface area contributed by atoms with Crippen molar-refractivity contribution >= 4 is 11.7 Å². The summed E-state index contributed by atoms with van der Waals surface area (Å²) < 4.78 is 0.